The largest absolute Gasteiger partial charge is 0.399 e. The van der Waals surface area contributed by atoms with Gasteiger partial charge >= 0.3 is 0 Å². The number of hydrogen-bond acceptors (Lipinski definition) is 2. The number of nitrogens with two attached hydrogens (primary N) is 1. The zero-order valence-corrected chi connectivity index (χ0v) is 10.3. The lowest BCUT2D eigenvalue weighted by Gasteiger charge is -2.12. The van der Waals surface area contributed by atoms with Crippen molar-refractivity contribution in [1.29, 1.82) is 0 Å². The molecule has 0 heterocycles. The third-order valence-corrected chi connectivity index (χ3v) is 2.75. The lowest BCUT2D eigenvalue weighted by atomic mass is 10.1. The first-order valence-corrected chi connectivity index (χ1v) is 5.78. The van der Waals surface area contributed by atoms with Crippen molar-refractivity contribution in [3.63, 3.8) is 0 Å². The summed E-state index contributed by atoms with van der Waals surface area (Å²) in [6.45, 7) is 3.95. The van der Waals surface area contributed by atoms with Gasteiger partial charge in [-0.1, -0.05) is 31.9 Å². The molecule has 0 aliphatic rings. The number of nitrogens with one attached hydrogen (secondary N) is 1. The number of carbonyl (C=O) groups is 1. The zero-order valence-electron chi connectivity index (χ0n) is 9.59. The van der Waals surface area contributed by atoms with Gasteiger partial charge < -0.3 is 11.1 Å². The standard InChI is InChI=1S/C12H17ClN2O/c1-3-4-8(2)12(16)15-11-7-9(14)5-6-10(11)13/h5-8H,3-4,14H2,1-2H3,(H,15,16). The van der Waals surface area contributed by atoms with E-state index in [9.17, 15) is 4.79 Å². The minimum Gasteiger partial charge on any atom is -0.399 e. The number of carbonyl (C=O) groups excluding carboxylic acids is 1. The monoisotopic (exact) mass is 240 g/mol. The molecular formula is C12H17ClN2O. The summed E-state index contributed by atoms with van der Waals surface area (Å²) in [4.78, 5) is 11.8. The Morgan fingerprint density at radius 1 is 1.56 bits per heavy atom. The number of hydrogen-bond donors (Lipinski definition) is 2. The highest BCUT2D eigenvalue weighted by Crippen LogP contribution is 2.24. The van der Waals surface area contributed by atoms with E-state index in [1.54, 1.807) is 18.2 Å². The number of rotatable bonds is 4. The van der Waals surface area contributed by atoms with Gasteiger partial charge in [0.1, 0.15) is 0 Å². The smallest absolute Gasteiger partial charge is 0.227 e. The van der Waals surface area contributed by atoms with E-state index in [0.29, 0.717) is 16.4 Å². The van der Waals surface area contributed by atoms with Crippen LogP contribution in [-0.2, 0) is 4.79 Å². The Labute approximate surface area is 101 Å². The van der Waals surface area contributed by atoms with Crippen LogP contribution in [0.4, 0.5) is 11.4 Å². The topological polar surface area (TPSA) is 55.1 Å². The van der Waals surface area contributed by atoms with Crippen LogP contribution in [0.2, 0.25) is 5.02 Å². The third kappa shape index (κ3) is 3.42. The molecule has 0 spiro atoms. The van der Waals surface area contributed by atoms with E-state index < -0.39 is 0 Å². The first kappa shape index (κ1) is 12.8. The quantitative estimate of drug-likeness (QED) is 0.794. The predicted octanol–water partition coefficient (Wildman–Crippen LogP) is 3.30. The number of anilines is 2. The molecular weight excluding hydrogens is 224 g/mol. The number of halogens is 1. The number of amides is 1. The summed E-state index contributed by atoms with van der Waals surface area (Å²) >= 11 is 5.95. The maximum absolute atomic E-state index is 11.8. The van der Waals surface area contributed by atoms with Crippen molar-refractivity contribution in [3.05, 3.63) is 23.2 Å². The molecule has 3 N–H and O–H groups in total. The van der Waals surface area contributed by atoms with Gasteiger partial charge in [0.15, 0.2) is 0 Å². The molecule has 1 unspecified atom stereocenters. The molecule has 0 saturated carbocycles. The average molecular weight is 241 g/mol. The van der Waals surface area contributed by atoms with E-state index in [2.05, 4.69) is 12.2 Å². The third-order valence-electron chi connectivity index (χ3n) is 2.42. The first-order valence-electron chi connectivity index (χ1n) is 5.40. The summed E-state index contributed by atoms with van der Waals surface area (Å²) in [6, 6.07) is 5.04. The fraction of sp³-hybridized carbons (Fsp3) is 0.417. The van der Waals surface area contributed by atoms with Crippen molar-refractivity contribution in [3.8, 4) is 0 Å². The van der Waals surface area contributed by atoms with E-state index in [1.807, 2.05) is 6.92 Å². The second kappa shape index (κ2) is 5.75. The summed E-state index contributed by atoms with van der Waals surface area (Å²) in [7, 11) is 0. The van der Waals surface area contributed by atoms with E-state index in [4.69, 9.17) is 17.3 Å². The summed E-state index contributed by atoms with van der Waals surface area (Å²) in [6.07, 6.45) is 1.85. The van der Waals surface area contributed by atoms with E-state index in [-0.39, 0.29) is 11.8 Å². The second-order valence-corrected chi connectivity index (χ2v) is 4.33. The van der Waals surface area contributed by atoms with Gasteiger partial charge in [0.05, 0.1) is 10.7 Å². The van der Waals surface area contributed by atoms with Crippen molar-refractivity contribution in [2.45, 2.75) is 26.7 Å². The number of nitrogen functional groups attached to an aromatic ring is 1. The molecule has 0 saturated heterocycles. The molecule has 0 aliphatic heterocycles. The van der Waals surface area contributed by atoms with Crippen LogP contribution in [0, 0.1) is 5.92 Å². The van der Waals surface area contributed by atoms with Crippen LogP contribution >= 0.6 is 11.6 Å². The normalized spacial score (nSPS) is 12.2. The average Bonchev–Trinajstić information content (AvgIpc) is 2.23. The summed E-state index contributed by atoms with van der Waals surface area (Å²) < 4.78 is 0. The fourth-order valence-electron chi connectivity index (χ4n) is 1.46. The van der Waals surface area contributed by atoms with E-state index in [0.717, 1.165) is 12.8 Å². The molecule has 1 aromatic carbocycles. The maximum Gasteiger partial charge on any atom is 0.227 e. The van der Waals surface area contributed by atoms with Crippen molar-refractivity contribution in [1.82, 2.24) is 0 Å². The van der Waals surface area contributed by atoms with E-state index >= 15 is 0 Å². The molecule has 1 atom stereocenters. The second-order valence-electron chi connectivity index (χ2n) is 3.92. The Morgan fingerprint density at radius 2 is 2.25 bits per heavy atom. The molecule has 0 radical (unpaired) electrons. The molecule has 0 aliphatic carbocycles. The molecule has 0 fully saturated rings. The van der Waals surface area contributed by atoms with Crippen LogP contribution < -0.4 is 11.1 Å². The van der Waals surface area contributed by atoms with E-state index in [1.165, 1.54) is 0 Å². The highest BCUT2D eigenvalue weighted by Gasteiger charge is 2.13. The van der Waals surface area contributed by atoms with Crippen LogP contribution in [0.1, 0.15) is 26.7 Å². The van der Waals surface area contributed by atoms with Crippen molar-refractivity contribution in [2.75, 3.05) is 11.1 Å². The summed E-state index contributed by atoms with van der Waals surface area (Å²) in [5.74, 6) is -0.0307. The maximum atomic E-state index is 11.8. The highest BCUT2D eigenvalue weighted by atomic mass is 35.5. The van der Waals surface area contributed by atoms with Crippen LogP contribution in [0.25, 0.3) is 0 Å². The highest BCUT2D eigenvalue weighted by molar-refractivity contribution is 6.33. The molecule has 1 rings (SSSR count). The van der Waals surface area contributed by atoms with Gasteiger partial charge in [0.2, 0.25) is 5.91 Å². The van der Waals surface area contributed by atoms with Crippen LogP contribution in [-0.4, -0.2) is 5.91 Å². The SMILES string of the molecule is CCCC(C)C(=O)Nc1cc(N)ccc1Cl. The van der Waals surface area contributed by atoms with Crippen molar-refractivity contribution < 1.29 is 4.79 Å². The van der Waals surface area contributed by atoms with Gasteiger partial charge in [-0.3, -0.25) is 4.79 Å². The Balaban J connectivity index is 2.72. The Morgan fingerprint density at radius 3 is 2.88 bits per heavy atom. The van der Waals surface area contributed by atoms with Crippen molar-refractivity contribution >= 4 is 28.9 Å². The van der Waals surface area contributed by atoms with Crippen molar-refractivity contribution in [2.24, 2.45) is 5.92 Å². The van der Waals surface area contributed by atoms with Gasteiger partial charge in [-0.25, -0.2) is 0 Å². The Hall–Kier alpha value is -1.22. The minimum absolute atomic E-state index is 0.0116. The lowest BCUT2D eigenvalue weighted by Crippen LogP contribution is -2.20. The van der Waals surface area contributed by atoms with Gasteiger partial charge in [-0.05, 0) is 24.6 Å². The molecule has 88 valence electrons. The van der Waals surface area contributed by atoms with Crippen LogP contribution in [0.3, 0.4) is 0 Å². The molecule has 0 aromatic heterocycles. The number of benzene rings is 1. The van der Waals surface area contributed by atoms with Crippen LogP contribution in [0.5, 0.6) is 0 Å². The molecule has 1 amide bonds. The molecule has 3 nitrogen and oxygen atoms in total. The van der Waals surface area contributed by atoms with Gasteiger partial charge in [-0.2, -0.15) is 0 Å². The molecule has 16 heavy (non-hydrogen) atoms. The molecule has 1 aromatic rings. The van der Waals surface area contributed by atoms with Gasteiger partial charge in [0.25, 0.3) is 0 Å². The Bertz CT molecular complexity index is 379. The summed E-state index contributed by atoms with van der Waals surface area (Å²) in [5.41, 5.74) is 6.79. The summed E-state index contributed by atoms with van der Waals surface area (Å²) in [5, 5.41) is 3.29. The van der Waals surface area contributed by atoms with Crippen LogP contribution in [0.15, 0.2) is 18.2 Å². The predicted molar refractivity (Wildman–Crippen MR) is 68.6 cm³/mol. The minimum atomic E-state index is -0.0191. The Kier molecular flexibility index (Phi) is 4.62. The van der Waals surface area contributed by atoms with Gasteiger partial charge in [0, 0.05) is 11.6 Å². The fourth-order valence-corrected chi connectivity index (χ4v) is 1.62. The lowest BCUT2D eigenvalue weighted by molar-refractivity contribution is -0.119. The van der Waals surface area contributed by atoms with Gasteiger partial charge in [-0.15, -0.1) is 0 Å². The molecule has 0 bridgehead atoms. The zero-order chi connectivity index (χ0) is 12.1. The first-order chi connectivity index (χ1) is 7.54. The molecule has 4 heteroatoms.